The summed E-state index contributed by atoms with van der Waals surface area (Å²) >= 11 is 0. The number of aromatic nitrogens is 2. The highest BCUT2D eigenvalue weighted by Crippen LogP contribution is 2.35. The first kappa shape index (κ1) is 18.0. The molecular weight excluding hydrogens is 340 g/mol. The molecule has 1 aromatic carbocycles. The summed E-state index contributed by atoms with van der Waals surface area (Å²) in [5, 5.41) is 8.36. The standard InChI is InChI=1S/C21H28N4O2/c1-26-19-10-7-16(20(13-19)27-2)14-25(17-8-9-17)18-5-4-12-24(15-18)21-6-3-11-22-23-21/h3,6-7,10-11,13,17-18H,4-5,8-9,12,14-15H2,1-2H3/t18-/m1/s1. The molecule has 0 bridgehead atoms. The SMILES string of the molecule is COc1ccc(CN(C2CC2)[C@@H]2CCCN(c3cccnn3)C2)c(OC)c1. The number of anilines is 1. The van der Waals surface area contributed by atoms with Crippen LogP contribution < -0.4 is 14.4 Å². The van der Waals surface area contributed by atoms with Gasteiger partial charge < -0.3 is 14.4 Å². The number of rotatable bonds is 7. The lowest BCUT2D eigenvalue weighted by atomic mass is 10.0. The van der Waals surface area contributed by atoms with Crippen LogP contribution >= 0.6 is 0 Å². The predicted molar refractivity (Wildman–Crippen MR) is 105 cm³/mol. The van der Waals surface area contributed by atoms with Gasteiger partial charge >= 0.3 is 0 Å². The largest absolute Gasteiger partial charge is 0.497 e. The molecule has 1 saturated heterocycles. The van der Waals surface area contributed by atoms with E-state index in [1.165, 1.54) is 31.2 Å². The van der Waals surface area contributed by atoms with Crippen LogP contribution in [0.2, 0.25) is 0 Å². The Morgan fingerprint density at radius 1 is 1.11 bits per heavy atom. The fourth-order valence-electron chi connectivity index (χ4n) is 4.04. The zero-order chi connectivity index (χ0) is 18.6. The van der Waals surface area contributed by atoms with Crippen molar-refractivity contribution in [2.24, 2.45) is 0 Å². The van der Waals surface area contributed by atoms with Crippen molar-refractivity contribution in [1.82, 2.24) is 15.1 Å². The first-order valence-electron chi connectivity index (χ1n) is 9.78. The Bertz CT molecular complexity index is 751. The van der Waals surface area contributed by atoms with Crippen LogP contribution in [0.5, 0.6) is 11.5 Å². The Hall–Kier alpha value is -2.34. The summed E-state index contributed by atoms with van der Waals surface area (Å²) in [6.07, 6.45) is 6.73. The molecule has 2 fully saturated rings. The minimum Gasteiger partial charge on any atom is -0.497 e. The Kier molecular flexibility index (Phi) is 5.43. The maximum atomic E-state index is 5.63. The molecule has 27 heavy (non-hydrogen) atoms. The van der Waals surface area contributed by atoms with E-state index in [4.69, 9.17) is 9.47 Å². The average Bonchev–Trinajstić information content (AvgIpc) is 3.58. The van der Waals surface area contributed by atoms with E-state index in [1.807, 2.05) is 18.2 Å². The number of hydrogen-bond donors (Lipinski definition) is 0. The number of nitrogens with zero attached hydrogens (tertiary/aromatic N) is 4. The third-order valence-electron chi connectivity index (χ3n) is 5.61. The summed E-state index contributed by atoms with van der Waals surface area (Å²) < 4.78 is 11.0. The molecule has 1 atom stereocenters. The second-order valence-electron chi connectivity index (χ2n) is 7.41. The van der Waals surface area contributed by atoms with Crippen molar-refractivity contribution < 1.29 is 9.47 Å². The lowest BCUT2D eigenvalue weighted by molar-refractivity contribution is 0.156. The second-order valence-corrected chi connectivity index (χ2v) is 7.41. The van der Waals surface area contributed by atoms with Crippen molar-refractivity contribution in [3.63, 3.8) is 0 Å². The second kappa shape index (κ2) is 8.13. The molecular formula is C21H28N4O2. The smallest absolute Gasteiger partial charge is 0.151 e. The van der Waals surface area contributed by atoms with Crippen LogP contribution in [0.3, 0.4) is 0 Å². The summed E-state index contributed by atoms with van der Waals surface area (Å²) in [6.45, 7) is 2.98. The van der Waals surface area contributed by atoms with Crippen LogP contribution in [-0.4, -0.2) is 54.5 Å². The molecule has 0 radical (unpaired) electrons. The zero-order valence-electron chi connectivity index (χ0n) is 16.2. The quantitative estimate of drug-likeness (QED) is 0.748. The summed E-state index contributed by atoms with van der Waals surface area (Å²) in [5.74, 6) is 2.72. The topological polar surface area (TPSA) is 50.7 Å². The Balaban J connectivity index is 1.51. The Morgan fingerprint density at radius 3 is 2.70 bits per heavy atom. The van der Waals surface area contributed by atoms with Gasteiger partial charge in [-0.2, -0.15) is 5.10 Å². The van der Waals surface area contributed by atoms with Gasteiger partial charge in [0.1, 0.15) is 11.5 Å². The van der Waals surface area contributed by atoms with E-state index >= 15 is 0 Å². The number of ether oxygens (including phenoxy) is 2. The third kappa shape index (κ3) is 4.16. The van der Waals surface area contributed by atoms with Crippen molar-refractivity contribution >= 4 is 5.82 Å². The molecule has 6 heteroatoms. The average molecular weight is 368 g/mol. The molecule has 1 saturated carbocycles. The van der Waals surface area contributed by atoms with Gasteiger partial charge in [0.2, 0.25) is 0 Å². The van der Waals surface area contributed by atoms with Crippen LogP contribution in [0.4, 0.5) is 5.82 Å². The molecule has 0 amide bonds. The van der Waals surface area contributed by atoms with Crippen LogP contribution in [0.15, 0.2) is 36.5 Å². The van der Waals surface area contributed by atoms with Gasteiger partial charge in [-0.15, -0.1) is 5.10 Å². The summed E-state index contributed by atoms with van der Waals surface area (Å²) in [5.41, 5.74) is 1.22. The molecule has 2 aromatic rings. The highest BCUT2D eigenvalue weighted by Gasteiger charge is 2.36. The lowest BCUT2D eigenvalue weighted by Gasteiger charge is -2.40. The van der Waals surface area contributed by atoms with Crippen LogP contribution in [-0.2, 0) is 6.54 Å². The fourth-order valence-corrected chi connectivity index (χ4v) is 4.04. The number of hydrogen-bond acceptors (Lipinski definition) is 6. The molecule has 0 spiro atoms. The minimum absolute atomic E-state index is 0.528. The van der Waals surface area contributed by atoms with Gasteiger partial charge in [-0.3, -0.25) is 4.90 Å². The van der Waals surface area contributed by atoms with Gasteiger partial charge in [-0.05, 0) is 43.9 Å². The molecule has 0 unspecified atom stereocenters. The van der Waals surface area contributed by atoms with E-state index in [0.717, 1.165) is 37.0 Å². The van der Waals surface area contributed by atoms with E-state index in [1.54, 1.807) is 20.4 Å². The van der Waals surface area contributed by atoms with E-state index in [0.29, 0.717) is 12.1 Å². The van der Waals surface area contributed by atoms with Gasteiger partial charge in [0.05, 0.1) is 14.2 Å². The van der Waals surface area contributed by atoms with E-state index in [9.17, 15) is 0 Å². The molecule has 144 valence electrons. The molecule has 6 nitrogen and oxygen atoms in total. The van der Waals surface area contributed by atoms with Gasteiger partial charge in [-0.1, -0.05) is 6.07 Å². The highest BCUT2D eigenvalue weighted by atomic mass is 16.5. The normalized spacial score (nSPS) is 20.0. The number of methoxy groups -OCH3 is 2. The molecule has 2 aliphatic rings. The van der Waals surface area contributed by atoms with Crippen molar-refractivity contribution in [2.45, 2.75) is 44.3 Å². The van der Waals surface area contributed by atoms with Crippen molar-refractivity contribution in [2.75, 3.05) is 32.2 Å². The lowest BCUT2D eigenvalue weighted by Crippen LogP contribution is -2.49. The van der Waals surface area contributed by atoms with Gasteiger partial charge in [0, 0.05) is 49.5 Å². The van der Waals surface area contributed by atoms with Gasteiger partial charge in [-0.25, -0.2) is 0 Å². The Morgan fingerprint density at radius 2 is 2.00 bits per heavy atom. The monoisotopic (exact) mass is 368 g/mol. The van der Waals surface area contributed by atoms with E-state index < -0.39 is 0 Å². The third-order valence-corrected chi connectivity index (χ3v) is 5.61. The number of piperidine rings is 1. The van der Waals surface area contributed by atoms with Crippen molar-refractivity contribution in [3.05, 3.63) is 42.1 Å². The maximum Gasteiger partial charge on any atom is 0.151 e. The van der Waals surface area contributed by atoms with Gasteiger partial charge in [0.15, 0.2) is 5.82 Å². The molecule has 1 aliphatic carbocycles. The fraction of sp³-hybridized carbons (Fsp3) is 0.524. The molecule has 0 N–H and O–H groups in total. The van der Waals surface area contributed by atoms with Crippen molar-refractivity contribution in [1.29, 1.82) is 0 Å². The minimum atomic E-state index is 0.528. The van der Waals surface area contributed by atoms with Crippen LogP contribution in [0.25, 0.3) is 0 Å². The Labute approximate surface area is 161 Å². The zero-order valence-corrected chi connectivity index (χ0v) is 16.2. The van der Waals surface area contributed by atoms with Crippen molar-refractivity contribution in [3.8, 4) is 11.5 Å². The molecule has 4 rings (SSSR count). The summed E-state index contributed by atoms with van der Waals surface area (Å²) in [7, 11) is 3.42. The van der Waals surface area contributed by atoms with Gasteiger partial charge in [0.25, 0.3) is 0 Å². The van der Waals surface area contributed by atoms with Crippen LogP contribution in [0.1, 0.15) is 31.2 Å². The van der Waals surface area contributed by atoms with Crippen LogP contribution in [0, 0.1) is 0 Å². The first-order valence-corrected chi connectivity index (χ1v) is 9.78. The summed E-state index contributed by atoms with van der Waals surface area (Å²) in [4.78, 5) is 5.05. The molecule has 1 aromatic heterocycles. The predicted octanol–water partition coefficient (Wildman–Crippen LogP) is 3.13. The van der Waals surface area contributed by atoms with E-state index in [-0.39, 0.29) is 0 Å². The molecule has 2 heterocycles. The highest BCUT2D eigenvalue weighted by molar-refractivity contribution is 5.41. The number of benzene rings is 1. The first-order chi connectivity index (χ1) is 13.3. The molecule has 1 aliphatic heterocycles. The maximum absolute atomic E-state index is 5.63. The summed E-state index contributed by atoms with van der Waals surface area (Å²) in [6, 6.07) is 11.4. The van der Waals surface area contributed by atoms with E-state index in [2.05, 4.69) is 32.1 Å².